The van der Waals surface area contributed by atoms with Crippen molar-refractivity contribution in [2.24, 2.45) is 5.73 Å². The third-order valence-electron chi connectivity index (χ3n) is 6.33. The standard InChI is InChI=1S/C27H40N2O6/c1-18-9-6-12-22(32-3)13-8-11-20-15-21(17-23(16-20)33-4)29-26(30)19(2)10-7-14-24(34-5)25(18)35-27(28)31/h9-10,15-17,22,24-25H,6-8,11-14H2,1-5H3,(H2,28,31)(H,29,30)/b18-9+,19-10+. The molecule has 0 aliphatic carbocycles. The van der Waals surface area contributed by atoms with Gasteiger partial charge in [-0.3, -0.25) is 4.79 Å². The highest BCUT2D eigenvalue weighted by atomic mass is 16.6. The zero-order valence-electron chi connectivity index (χ0n) is 21.6. The molecule has 2 amide bonds. The second kappa shape index (κ2) is 14.5. The lowest BCUT2D eigenvalue weighted by Crippen LogP contribution is -2.35. The quantitative estimate of drug-likeness (QED) is 0.583. The molecule has 8 nitrogen and oxygen atoms in total. The Hall–Kier alpha value is -2.84. The molecule has 1 aliphatic heterocycles. The van der Waals surface area contributed by atoms with Gasteiger partial charge in [-0.05, 0) is 82.1 Å². The minimum absolute atomic E-state index is 0.103. The van der Waals surface area contributed by atoms with Gasteiger partial charge < -0.3 is 30.0 Å². The zero-order valence-corrected chi connectivity index (χ0v) is 21.6. The largest absolute Gasteiger partial charge is 0.497 e. The number of benzene rings is 1. The van der Waals surface area contributed by atoms with E-state index in [0.717, 1.165) is 43.2 Å². The Kier molecular flexibility index (Phi) is 11.8. The van der Waals surface area contributed by atoms with Gasteiger partial charge in [0.1, 0.15) is 5.75 Å². The summed E-state index contributed by atoms with van der Waals surface area (Å²) in [5, 5.41) is 2.97. The summed E-state index contributed by atoms with van der Waals surface area (Å²) in [6.07, 6.45) is 7.59. The third-order valence-corrected chi connectivity index (χ3v) is 6.33. The van der Waals surface area contributed by atoms with E-state index in [1.807, 2.05) is 31.2 Å². The summed E-state index contributed by atoms with van der Waals surface area (Å²) in [5.41, 5.74) is 8.60. The smallest absolute Gasteiger partial charge is 0.405 e. The van der Waals surface area contributed by atoms with E-state index in [0.29, 0.717) is 29.9 Å². The topological polar surface area (TPSA) is 109 Å². The average molecular weight is 489 g/mol. The van der Waals surface area contributed by atoms with Gasteiger partial charge in [0, 0.05) is 31.5 Å². The van der Waals surface area contributed by atoms with Gasteiger partial charge >= 0.3 is 6.09 Å². The van der Waals surface area contributed by atoms with Crippen molar-refractivity contribution in [1.29, 1.82) is 0 Å². The van der Waals surface area contributed by atoms with Crippen LogP contribution in [-0.2, 0) is 25.4 Å². The molecule has 8 heteroatoms. The number of methoxy groups -OCH3 is 3. The molecule has 1 aromatic carbocycles. The Labute approximate surface area is 208 Å². The average Bonchev–Trinajstić information content (AvgIpc) is 2.83. The van der Waals surface area contributed by atoms with Crippen molar-refractivity contribution in [3.63, 3.8) is 0 Å². The summed E-state index contributed by atoms with van der Waals surface area (Å²) in [6.45, 7) is 3.69. The second-order valence-corrected chi connectivity index (χ2v) is 8.90. The number of aryl methyl sites for hydroxylation is 1. The fraction of sp³-hybridized carbons (Fsp3) is 0.556. The number of nitrogens with two attached hydrogens (primary N) is 1. The summed E-state index contributed by atoms with van der Waals surface area (Å²) in [5.74, 6) is 0.522. The molecule has 194 valence electrons. The minimum Gasteiger partial charge on any atom is -0.497 e. The van der Waals surface area contributed by atoms with E-state index in [4.69, 9.17) is 24.7 Å². The first kappa shape index (κ1) is 28.4. The maximum atomic E-state index is 12.8. The second-order valence-electron chi connectivity index (χ2n) is 8.90. The van der Waals surface area contributed by atoms with Crippen LogP contribution in [0.1, 0.15) is 57.9 Å². The molecule has 1 aliphatic rings. The van der Waals surface area contributed by atoms with Gasteiger partial charge in [0.25, 0.3) is 5.91 Å². The molecule has 3 N–H and O–H groups in total. The van der Waals surface area contributed by atoms with Gasteiger partial charge in [0.05, 0.1) is 19.3 Å². The fourth-order valence-electron chi connectivity index (χ4n) is 4.29. The molecule has 35 heavy (non-hydrogen) atoms. The molecule has 0 saturated heterocycles. The van der Waals surface area contributed by atoms with Gasteiger partial charge in [0.15, 0.2) is 6.10 Å². The van der Waals surface area contributed by atoms with E-state index in [1.165, 1.54) is 0 Å². The van der Waals surface area contributed by atoms with Crippen LogP contribution in [0.3, 0.4) is 0 Å². The number of nitrogens with one attached hydrogen (secondary N) is 1. The lowest BCUT2D eigenvalue weighted by molar-refractivity contribution is -0.112. The molecule has 1 aromatic rings. The molecule has 0 spiro atoms. The molecule has 2 bridgehead atoms. The third kappa shape index (κ3) is 9.38. The molecule has 3 unspecified atom stereocenters. The number of anilines is 1. The molecule has 3 atom stereocenters. The van der Waals surface area contributed by atoms with E-state index < -0.39 is 18.3 Å². The molecule has 1 heterocycles. The number of hydrogen-bond donors (Lipinski definition) is 2. The molecule has 0 fully saturated rings. The van der Waals surface area contributed by atoms with E-state index in [2.05, 4.69) is 11.4 Å². The maximum Gasteiger partial charge on any atom is 0.405 e. The lowest BCUT2D eigenvalue weighted by atomic mass is 9.98. The van der Waals surface area contributed by atoms with Gasteiger partial charge in [-0.1, -0.05) is 12.2 Å². The number of hydrogen-bond acceptors (Lipinski definition) is 6. The van der Waals surface area contributed by atoms with Crippen LogP contribution in [0.5, 0.6) is 5.75 Å². The van der Waals surface area contributed by atoms with Crippen LogP contribution in [0.2, 0.25) is 0 Å². The number of carbonyl (C=O) groups is 2. The minimum atomic E-state index is -0.846. The number of primary amides is 1. The zero-order chi connectivity index (χ0) is 25.8. The van der Waals surface area contributed by atoms with Crippen molar-refractivity contribution in [1.82, 2.24) is 0 Å². The Morgan fingerprint density at radius 3 is 2.40 bits per heavy atom. The number of allylic oxidation sites excluding steroid dienone is 2. The predicted octanol–water partition coefficient (Wildman–Crippen LogP) is 4.92. The maximum absolute atomic E-state index is 12.8. The highest BCUT2D eigenvalue weighted by Crippen LogP contribution is 2.25. The first-order valence-corrected chi connectivity index (χ1v) is 12.1. The summed E-state index contributed by atoms with van der Waals surface area (Å²) in [4.78, 5) is 24.4. The number of amides is 2. The Morgan fingerprint density at radius 2 is 1.74 bits per heavy atom. The molecule has 0 aromatic heterocycles. The van der Waals surface area contributed by atoms with E-state index in [-0.39, 0.29) is 12.0 Å². The predicted molar refractivity (Wildman–Crippen MR) is 137 cm³/mol. The van der Waals surface area contributed by atoms with Gasteiger partial charge in [-0.25, -0.2) is 4.79 Å². The van der Waals surface area contributed by atoms with Crippen molar-refractivity contribution in [2.75, 3.05) is 26.6 Å². The van der Waals surface area contributed by atoms with Crippen LogP contribution in [0.4, 0.5) is 10.5 Å². The Morgan fingerprint density at radius 1 is 1.00 bits per heavy atom. The van der Waals surface area contributed by atoms with Gasteiger partial charge in [-0.2, -0.15) is 0 Å². The van der Waals surface area contributed by atoms with Crippen LogP contribution in [0, 0.1) is 0 Å². The Balaban J connectivity index is 2.32. The van der Waals surface area contributed by atoms with E-state index in [1.54, 1.807) is 28.3 Å². The highest BCUT2D eigenvalue weighted by molar-refractivity contribution is 6.03. The van der Waals surface area contributed by atoms with Gasteiger partial charge in [-0.15, -0.1) is 0 Å². The first-order valence-electron chi connectivity index (χ1n) is 12.1. The van der Waals surface area contributed by atoms with Crippen LogP contribution in [-0.4, -0.2) is 51.6 Å². The van der Waals surface area contributed by atoms with Crippen LogP contribution in [0.15, 0.2) is 41.5 Å². The van der Waals surface area contributed by atoms with E-state index >= 15 is 0 Å². The molecular formula is C27H40N2O6. The van der Waals surface area contributed by atoms with Crippen molar-refractivity contribution in [2.45, 2.75) is 77.1 Å². The Bertz CT molecular complexity index is 911. The normalized spacial score (nSPS) is 26.0. The number of rotatable bonds is 4. The summed E-state index contributed by atoms with van der Waals surface area (Å²) in [7, 11) is 4.93. The number of carbonyl (C=O) groups excluding carboxylic acids is 2. The number of ether oxygens (including phenoxy) is 4. The van der Waals surface area contributed by atoms with Crippen LogP contribution < -0.4 is 15.8 Å². The summed E-state index contributed by atoms with van der Waals surface area (Å²) >= 11 is 0. The van der Waals surface area contributed by atoms with Crippen LogP contribution in [0.25, 0.3) is 0 Å². The van der Waals surface area contributed by atoms with Crippen molar-refractivity contribution in [3.05, 3.63) is 47.1 Å². The highest BCUT2D eigenvalue weighted by Gasteiger charge is 2.26. The monoisotopic (exact) mass is 488 g/mol. The summed E-state index contributed by atoms with van der Waals surface area (Å²) < 4.78 is 22.2. The first-order chi connectivity index (χ1) is 16.8. The van der Waals surface area contributed by atoms with Gasteiger partial charge in [0.2, 0.25) is 0 Å². The fourth-order valence-corrected chi connectivity index (χ4v) is 4.29. The molecular weight excluding hydrogens is 448 g/mol. The van der Waals surface area contributed by atoms with Crippen molar-refractivity contribution in [3.8, 4) is 5.75 Å². The lowest BCUT2D eigenvalue weighted by Gasteiger charge is -2.26. The van der Waals surface area contributed by atoms with Crippen LogP contribution >= 0.6 is 0 Å². The van der Waals surface area contributed by atoms with Crippen molar-refractivity contribution < 1.29 is 28.5 Å². The van der Waals surface area contributed by atoms with E-state index in [9.17, 15) is 9.59 Å². The molecule has 0 radical (unpaired) electrons. The summed E-state index contributed by atoms with van der Waals surface area (Å²) in [6, 6.07) is 5.80. The SMILES string of the molecule is COc1cc2cc(c1)NC(=O)/C(C)=C/CCC(OC)C(OC(N)=O)/C(C)=C/CCC(OC)CCC2. The molecule has 2 rings (SSSR count). The van der Waals surface area contributed by atoms with Crippen molar-refractivity contribution >= 4 is 17.7 Å². The number of fused-ring (bicyclic) bond motifs is 2. The molecule has 0 saturated carbocycles.